The second-order valence-electron chi connectivity index (χ2n) is 6.47. The molecule has 2 aliphatic heterocycles. The summed E-state index contributed by atoms with van der Waals surface area (Å²) in [5, 5.41) is 10.3. The fourth-order valence-electron chi connectivity index (χ4n) is 3.01. The lowest BCUT2D eigenvalue weighted by molar-refractivity contribution is 0.166. The highest BCUT2D eigenvalue weighted by Crippen LogP contribution is 2.35. The molecule has 0 fully saturated rings. The molecule has 2 aliphatic rings. The van der Waals surface area contributed by atoms with Crippen LogP contribution in [0.3, 0.4) is 0 Å². The van der Waals surface area contributed by atoms with E-state index in [-0.39, 0.29) is 24.7 Å². The SMILES string of the molecule is O=S(=O)(NCCC(O)c1ccc2c(c1)OCO2)c1ccc2c(c1)OCCCO2. The number of aliphatic hydroxyl groups excluding tert-OH is 1. The molecule has 0 saturated carbocycles. The topological polar surface area (TPSA) is 103 Å². The Hall–Kier alpha value is -2.49. The predicted octanol–water partition coefficient (Wildman–Crippen LogP) is 1.98. The normalized spacial score (nSPS) is 16.5. The maximum atomic E-state index is 12.5. The molecule has 0 radical (unpaired) electrons. The van der Waals surface area contributed by atoms with Crippen LogP contribution < -0.4 is 23.7 Å². The third-order valence-corrected chi connectivity index (χ3v) is 5.98. The lowest BCUT2D eigenvalue weighted by Crippen LogP contribution is -2.26. The zero-order chi connectivity index (χ0) is 19.6. The third kappa shape index (κ3) is 4.01. The van der Waals surface area contributed by atoms with E-state index in [2.05, 4.69) is 4.72 Å². The second kappa shape index (κ2) is 7.86. The zero-order valence-corrected chi connectivity index (χ0v) is 15.9. The molecule has 28 heavy (non-hydrogen) atoms. The van der Waals surface area contributed by atoms with Crippen molar-refractivity contribution in [1.29, 1.82) is 0 Å². The Balaban J connectivity index is 1.38. The number of ether oxygens (including phenoxy) is 4. The van der Waals surface area contributed by atoms with Gasteiger partial charge >= 0.3 is 0 Å². The predicted molar refractivity (Wildman–Crippen MR) is 99.4 cm³/mol. The van der Waals surface area contributed by atoms with Crippen LogP contribution in [0.1, 0.15) is 24.5 Å². The van der Waals surface area contributed by atoms with Crippen molar-refractivity contribution in [1.82, 2.24) is 4.72 Å². The molecule has 0 amide bonds. The highest BCUT2D eigenvalue weighted by atomic mass is 32.2. The van der Waals surface area contributed by atoms with Crippen LogP contribution in [0, 0.1) is 0 Å². The van der Waals surface area contributed by atoms with Crippen LogP contribution in [0.25, 0.3) is 0 Å². The van der Waals surface area contributed by atoms with Gasteiger partial charge in [-0.05, 0) is 36.2 Å². The maximum absolute atomic E-state index is 12.5. The van der Waals surface area contributed by atoms with Crippen molar-refractivity contribution in [2.24, 2.45) is 0 Å². The Morgan fingerprint density at radius 2 is 1.61 bits per heavy atom. The minimum Gasteiger partial charge on any atom is -0.490 e. The molecular weight excluding hydrogens is 386 g/mol. The number of hydrogen-bond acceptors (Lipinski definition) is 7. The third-order valence-electron chi connectivity index (χ3n) is 4.52. The summed E-state index contributed by atoms with van der Waals surface area (Å²) < 4.78 is 49.2. The van der Waals surface area contributed by atoms with Gasteiger partial charge in [-0.25, -0.2) is 13.1 Å². The van der Waals surface area contributed by atoms with Gasteiger partial charge in [-0.1, -0.05) is 6.07 Å². The molecule has 4 rings (SSSR count). The highest BCUT2D eigenvalue weighted by Gasteiger charge is 2.20. The molecule has 0 spiro atoms. The van der Waals surface area contributed by atoms with Crippen molar-refractivity contribution in [3.63, 3.8) is 0 Å². The Morgan fingerprint density at radius 1 is 0.929 bits per heavy atom. The molecule has 9 heteroatoms. The molecule has 2 aromatic carbocycles. The van der Waals surface area contributed by atoms with Crippen molar-refractivity contribution in [3.8, 4) is 23.0 Å². The van der Waals surface area contributed by atoms with Crippen molar-refractivity contribution < 1.29 is 32.5 Å². The molecule has 0 saturated heterocycles. The van der Waals surface area contributed by atoms with Crippen molar-refractivity contribution in [2.75, 3.05) is 26.6 Å². The van der Waals surface area contributed by atoms with E-state index < -0.39 is 16.1 Å². The van der Waals surface area contributed by atoms with E-state index in [0.29, 0.717) is 41.8 Å². The number of sulfonamides is 1. The average Bonchev–Trinajstić information content (AvgIpc) is 3.03. The zero-order valence-electron chi connectivity index (χ0n) is 15.1. The standard InChI is InChI=1S/C19H21NO7S/c21-15(13-2-4-17-18(10-13)27-12-26-17)6-7-20-28(22,23)14-3-5-16-19(11-14)25-9-1-8-24-16/h2-5,10-11,15,20-21H,1,6-9,12H2. The first-order valence-corrected chi connectivity index (χ1v) is 10.5. The van der Waals surface area contributed by atoms with E-state index >= 15 is 0 Å². The van der Waals surface area contributed by atoms with Crippen LogP contribution in [0.15, 0.2) is 41.3 Å². The van der Waals surface area contributed by atoms with Crippen LogP contribution in [0.5, 0.6) is 23.0 Å². The van der Waals surface area contributed by atoms with Crippen molar-refractivity contribution in [2.45, 2.75) is 23.8 Å². The van der Waals surface area contributed by atoms with Gasteiger partial charge in [-0.15, -0.1) is 0 Å². The second-order valence-corrected chi connectivity index (χ2v) is 8.24. The number of fused-ring (bicyclic) bond motifs is 2. The first kappa shape index (κ1) is 18.9. The van der Waals surface area contributed by atoms with Crippen LogP contribution in [-0.2, 0) is 10.0 Å². The van der Waals surface area contributed by atoms with Crippen LogP contribution in [0.2, 0.25) is 0 Å². The van der Waals surface area contributed by atoms with Gasteiger partial charge in [-0.2, -0.15) is 0 Å². The van der Waals surface area contributed by atoms with Gasteiger partial charge < -0.3 is 24.1 Å². The van der Waals surface area contributed by atoms with E-state index in [0.717, 1.165) is 6.42 Å². The number of aliphatic hydroxyl groups is 1. The summed E-state index contributed by atoms with van der Waals surface area (Å²) in [5.74, 6) is 2.16. The quantitative estimate of drug-likeness (QED) is 0.755. The molecule has 1 atom stereocenters. The Labute approximate surface area is 163 Å². The molecule has 150 valence electrons. The Bertz CT molecular complexity index is 961. The molecule has 1 unspecified atom stereocenters. The summed E-state index contributed by atoms with van der Waals surface area (Å²) in [6.45, 7) is 1.25. The number of benzene rings is 2. The smallest absolute Gasteiger partial charge is 0.240 e. The van der Waals surface area contributed by atoms with E-state index in [9.17, 15) is 13.5 Å². The van der Waals surface area contributed by atoms with Crippen molar-refractivity contribution >= 4 is 10.0 Å². The Morgan fingerprint density at radius 3 is 2.46 bits per heavy atom. The first-order chi connectivity index (χ1) is 13.5. The summed E-state index contributed by atoms with van der Waals surface area (Å²) in [4.78, 5) is 0.0920. The van der Waals surface area contributed by atoms with Gasteiger partial charge in [0, 0.05) is 19.0 Å². The molecule has 8 nitrogen and oxygen atoms in total. The minimum atomic E-state index is -3.73. The summed E-state index contributed by atoms with van der Waals surface area (Å²) in [6.07, 6.45) is 0.122. The van der Waals surface area contributed by atoms with Gasteiger partial charge in [0.25, 0.3) is 0 Å². The van der Waals surface area contributed by atoms with Gasteiger partial charge in [0.15, 0.2) is 23.0 Å². The number of nitrogens with one attached hydrogen (secondary N) is 1. The summed E-state index contributed by atoms with van der Waals surface area (Å²) in [5.41, 5.74) is 0.638. The van der Waals surface area contributed by atoms with Crippen LogP contribution >= 0.6 is 0 Å². The number of hydrogen-bond donors (Lipinski definition) is 2. The molecule has 0 aromatic heterocycles. The van der Waals surface area contributed by atoms with Crippen LogP contribution in [0.4, 0.5) is 0 Å². The Kier molecular flexibility index (Phi) is 5.29. The molecule has 2 aromatic rings. The van der Waals surface area contributed by atoms with E-state index in [1.165, 1.54) is 12.1 Å². The first-order valence-electron chi connectivity index (χ1n) is 9.00. The van der Waals surface area contributed by atoms with Gasteiger partial charge in [0.2, 0.25) is 16.8 Å². The fourth-order valence-corrected chi connectivity index (χ4v) is 4.07. The van der Waals surface area contributed by atoms with Gasteiger partial charge in [0.1, 0.15) is 0 Å². The molecule has 2 heterocycles. The van der Waals surface area contributed by atoms with E-state index in [1.807, 2.05) is 0 Å². The molecule has 0 bridgehead atoms. The molecule has 0 aliphatic carbocycles. The summed E-state index contributed by atoms with van der Waals surface area (Å²) >= 11 is 0. The minimum absolute atomic E-state index is 0.0758. The molecule has 2 N–H and O–H groups in total. The van der Waals surface area contributed by atoms with Gasteiger partial charge in [0.05, 0.1) is 24.2 Å². The fraction of sp³-hybridized carbons (Fsp3) is 0.368. The largest absolute Gasteiger partial charge is 0.490 e. The lowest BCUT2D eigenvalue weighted by Gasteiger charge is -2.13. The van der Waals surface area contributed by atoms with E-state index in [1.54, 1.807) is 24.3 Å². The lowest BCUT2D eigenvalue weighted by atomic mass is 10.1. The summed E-state index contributed by atoms with van der Waals surface area (Å²) in [7, 11) is -3.73. The maximum Gasteiger partial charge on any atom is 0.240 e. The number of rotatable bonds is 6. The highest BCUT2D eigenvalue weighted by molar-refractivity contribution is 7.89. The van der Waals surface area contributed by atoms with Crippen LogP contribution in [-0.4, -0.2) is 40.1 Å². The monoisotopic (exact) mass is 407 g/mol. The molecular formula is C19H21NO7S. The van der Waals surface area contributed by atoms with E-state index in [4.69, 9.17) is 18.9 Å². The summed E-state index contributed by atoms with van der Waals surface area (Å²) in [6, 6.07) is 9.68. The van der Waals surface area contributed by atoms with Gasteiger partial charge in [-0.3, -0.25) is 0 Å². The van der Waals surface area contributed by atoms with Crippen molar-refractivity contribution in [3.05, 3.63) is 42.0 Å². The average molecular weight is 407 g/mol.